The second-order valence-electron chi connectivity index (χ2n) is 6.89. The van der Waals surface area contributed by atoms with E-state index in [0.717, 1.165) is 31.5 Å². The van der Waals surface area contributed by atoms with E-state index in [1.807, 2.05) is 0 Å². The summed E-state index contributed by atoms with van der Waals surface area (Å²) in [5.41, 5.74) is 2.28. The maximum atomic E-state index is 12.4. The number of nitrogens with one attached hydrogen (secondary N) is 1. The van der Waals surface area contributed by atoms with Crippen molar-refractivity contribution in [2.45, 2.75) is 32.1 Å². The van der Waals surface area contributed by atoms with Crippen LogP contribution in [0.3, 0.4) is 0 Å². The monoisotopic (exact) mass is 340 g/mol. The Morgan fingerprint density at radius 3 is 2.64 bits per heavy atom. The topological polar surface area (TPSA) is 81.5 Å². The van der Waals surface area contributed by atoms with E-state index >= 15 is 0 Å². The molecule has 0 amide bonds. The summed E-state index contributed by atoms with van der Waals surface area (Å²) < 4.78 is 4.92. The van der Waals surface area contributed by atoms with E-state index in [4.69, 9.17) is 4.74 Å². The number of pyridine rings is 1. The highest BCUT2D eigenvalue weighted by molar-refractivity contribution is 5.88. The number of aromatic nitrogens is 1. The van der Waals surface area contributed by atoms with Crippen LogP contribution in [0.25, 0.3) is 6.08 Å². The van der Waals surface area contributed by atoms with Gasteiger partial charge in [-0.3, -0.25) is 9.79 Å². The zero-order valence-electron chi connectivity index (χ0n) is 14.7. The molecule has 25 heavy (non-hydrogen) atoms. The number of rotatable bonds is 5. The molecule has 1 aromatic rings. The van der Waals surface area contributed by atoms with Crippen molar-refractivity contribution in [3.05, 3.63) is 33.8 Å². The van der Waals surface area contributed by atoms with E-state index in [9.17, 15) is 10.1 Å². The fourth-order valence-corrected chi connectivity index (χ4v) is 3.95. The van der Waals surface area contributed by atoms with E-state index < -0.39 is 0 Å². The van der Waals surface area contributed by atoms with Crippen molar-refractivity contribution in [2.75, 3.05) is 31.8 Å². The van der Waals surface area contributed by atoms with Gasteiger partial charge in [-0.05, 0) is 31.1 Å². The summed E-state index contributed by atoms with van der Waals surface area (Å²) >= 11 is 0. The summed E-state index contributed by atoms with van der Waals surface area (Å²) in [6.45, 7) is 5.83. The van der Waals surface area contributed by atoms with Gasteiger partial charge in [0, 0.05) is 32.0 Å². The van der Waals surface area contributed by atoms with Crippen molar-refractivity contribution in [1.82, 2.24) is 4.98 Å². The van der Waals surface area contributed by atoms with E-state index in [2.05, 4.69) is 27.5 Å². The lowest BCUT2D eigenvalue weighted by molar-refractivity contribution is 0.0955. The standard InChI is InChI=1S/C19H24N4O2/c1-3-14-16(12-21-13-25-2)22-18(24)15(11-20)17(14)23-9-7-19(8-10-23)5-4-6-19/h3,12H,1,4-10,13H2,2H3,(H,22,24). The summed E-state index contributed by atoms with van der Waals surface area (Å²) in [6.07, 6.45) is 9.45. The van der Waals surface area contributed by atoms with Crippen molar-refractivity contribution in [3.8, 4) is 6.07 Å². The number of hydrogen-bond acceptors (Lipinski definition) is 5. The fourth-order valence-electron chi connectivity index (χ4n) is 3.95. The zero-order chi connectivity index (χ0) is 17.9. The van der Waals surface area contributed by atoms with E-state index in [0.29, 0.717) is 16.8 Å². The van der Waals surface area contributed by atoms with Crippen molar-refractivity contribution >= 4 is 18.0 Å². The Kier molecular flexibility index (Phi) is 5.05. The molecule has 0 atom stereocenters. The third kappa shape index (κ3) is 3.24. The molecule has 0 aromatic carbocycles. The summed E-state index contributed by atoms with van der Waals surface area (Å²) in [7, 11) is 1.56. The Morgan fingerprint density at radius 1 is 1.40 bits per heavy atom. The van der Waals surface area contributed by atoms with Crippen LogP contribution in [0.1, 0.15) is 48.9 Å². The first kappa shape index (κ1) is 17.4. The maximum Gasteiger partial charge on any atom is 0.268 e. The van der Waals surface area contributed by atoms with Crippen molar-refractivity contribution in [1.29, 1.82) is 5.26 Å². The molecular weight excluding hydrogens is 316 g/mol. The molecule has 2 heterocycles. The molecule has 1 saturated heterocycles. The van der Waals surface area contributed by atoms with Gasteiger partial charge in [0.25, 0.3) is 5.56 Å². The quantitative estimate of drug-likeness (QED) is 0.836. The number of methoxy groups -OCH3 is 1. The summed E-state index contributed by atoms with van der Waals surface area (Å²) in [5, 5.41) is 9.53. The van der Waals surface area contributed by atoms with E-state index in [-0.39, 0.29) is 17.9 Å². The minimum atomic E-state index is -0.383. The molecule has 2 fully saturated rings. The van der Waals surface area contributed by atoms with Crippen LogP contribution in [0.15, 0.2) is 16.4 Å². The molecule has 0 radical (unpaired) electrons. The van der Waals surface area contributed by atoms with Gasteiger partial charge in [-0.2, -0.15) is 5.26 Å². The molecular formula is C19H24N4O2. The second-order valence-corrected chi connectivity index (χ2v) is 6.89. The molecule has 1 spiro atoms. The van der Waals surface area contributed by atoms with Crippen LogP contribution >= 0.6 is 0 Å². The van der Waals surface area contributed by atoms with Crippen LogP contribution < -0.4 is 10.5 Å². The summed E-state index contributed by atoms with van der Waals surface area (Å²) in [6, 6.07) is 2.08. The lowest BCUT2D eigenvalue weighted by atomic mass is 9.63. The number of aromatic amines is 1. The third-order valence-electron chi connectivity index (χ3n) is 5.55. The summed E-state index contributed by atoms with van der Waals surface area (Å²) in [5.74, 6) is 0. The van der Waals surface area contributed by atoms with Gasteiger partial charge in [-0.25, -0.2) is 0 Å². The highest BCUT2D eigenvalue weighted by Crippen LogP contribution is 2.49. The molecule has 6 nitrogen and oxygen atoms in total. The number of nitriles is 1. The molecule has 1 aliphatic heterocycles. The molecule has 1 N–H and O–H groups in total. The highest BCUT2D eigenvalue weighted by atomic mass is 16.5. The highest BCUT2D eigenvalue weighted by Gasteiger charge is 2.40. The first-order valence-corrected chi connectivity index (χ1v) is 8.70. The van der Waals surface area contributed by atoms with Gasteiger partial charge >= 0.3 is 0 Å². The van der Waals surface area contributed by atoms with Gasteiger partial charge in [0.1, 0.15) is 18.4 Å². The Hall–Kier alpha value is -2.39. The van der Waals surface area contributed by atoms with Crippen LogP contribution in [0.4, 0.5) is 5.69 Å². The second kappa shape index (κ2) is 7.24. The summed E-state index contributed by atoms with van der Waals surface area (Å²) in [4.78, 5) is 21.4. The SMILES string of the molecule is C=Cc1c(C=NCOC)[nH]c(=O)c(C#N)c1N1CCC2(CCC2)CC1. The van der Waals surface area contributed by atoms with Crippen LogP contribution in [0.5, 0.6) is 0 Å². The number of anilines is 1. The average Bonchev–Trinajstić information content (AvgIpc) is 2.60. The normalized spacial score (nSPS) is 19.0. The largest absolute Gasteiger partial charge is 0.370 e. The van der Waals surface area contributed by atoms with Gasteiger partial charge in [0.2, 0.25) is 0 Å². The molecule has 1 aliphatic carbocycles. The van der Waals surface area contributed by atoms with Crippen LogP contribution in [0, 0.1) is 16.7 Å². The van der Waals surface area contributed by atoms with Crippen molar-refractivity contribution in [2.24, 2.45) is 10.4 Å². The van der Waals surface area contributed by atoms with E-state index in [1.54, 1.807) is 19.4 Å². The average molecular weight is 340 g/mol. The van der Waals surface area contributed by atoms with Gasteiger partial charge in [-0.1, -0.05) is 19.1 Å². The Bertz CT molecular complexity index is 774. The maximum absolute atomic E-state index is 12.4. The molecule has 0 bridgehead atoms. The van der Waals surface area contributed by atoms with Gasteiger partial charge < -0.3 is 14.6 Å². The molecule has 1 saturated carbocycles. The van der Waals surface area contributed by atoms with Crippen LogP contribution in [-0.4, -0.2) is 38.1 Å². The minimum absolute atomic E-state index is 0.156. The number of piperidine rings is 1. The van der Waals surface area contributed by atoms with Gasteiger partial charge in [0.05, 0.1) is 11.4 Å². The first-order valence-electron chi connectivity index (χ1n) is 8.70. The molecule has 6 heteroatoms. The zero-order valence-corrected chi connectivity index (χ0v) is 14.7. The van der Waals surface area contributed by atoms with Crippen LogP contribution in [0.2, 0.25) is 0 Å². The van der Waals surface area contributed by atoms with Gasteiger partial charge in [0.15, 0.2) is 0 Å². The number of aliphatic imine (C=N–C) groups is 1. The predicted molar refractivity (Wildman–Crippen MR) is 99.1 cm³/mol. The first-order chi connectivity index (χ1) is 12.1. The number of H-pyrrole nitrogens is 1. The fraction of sp³-hybridized carbons (Fsp3) is 0.526. The Balaban J connectivity index is 2.00. The molecule has 0 unspecified atom stereocenters. The number of nitrogens with zero attached hydrogens (tertiary/aromatic N) is 3. The minimum Gasteiger partial charge on any atom is -0.370 e. The van der Waals surface area contributed by atoms with Crippen molar-refractivity contribution < 1.29 is 4.74 Å². The Labute approximate surface area is 147 Å². The third-order valence-corrected chi connectivity index (χ3v) is 5.55. The lowest BCUT2D eigenvalue weighted by Crippen LogP contribution is -2.44. The van der Waals surface area contributed by atoms with Gasteiger partial charge in [-0.15, -0.1) is 0 Å². The Morgan fingerprint density at radius 2 is 2.12 bits per heavy atom. The molecule has 132 valence electrons. The lowest BCUT2D eigenvalue weighted by Gasteiger charge is -2.48. The van der Waals surface area contributed by atoms with Crippen LogP contribution in [-0.2, 0) is 4.74 Å². The smallest absolute Gasteiger partial charge is 0.268 e. The van der Waals surface area contributed by atoms with Crippen molar-refractivity contribution in [3.63, 3.8) is 0 Å². The number of hydrogen-bond donors (Lipinski definition) is 1. The molecule has 3 rings (SSSR count). The van der Waals surface area contributed by atoms with E-state index in [1.165, 1.54) is 19.3 Å². The predicted octanol–water partition coefficient (Wildman–Crippen LogP) is 2.68. The molecule has 1 aromatic heterocycles. The molecule has 2 aliphatic rings. The number of ether oxygens (including phenoxy) is 1.